The van der Waals surface area contributed by atoms with Crippen LogP contribution in [0.1, 0.15) is 0 Å². The Morgan fingerprint density at radius 3 is 0.750 bits per heavy atom. The van der Waals surface area contributed by atoms with Crippen LogP contribution >= 0.6 is 0 Å². The summed E-state index contributed by atoms with van der Waals surface area (Å²) in [5, 5.41) is 0. The molecule has 0 bridgehead atoms. The van der Waals surface area contributed by atoms with Gasteiger partial charge in [0.15, 0.2) is 0 Å². The molecule has 0 aliphatic carbocycles. The maximum atomic E-state index is 0. The fourth-order valence-electron chi connectivity index (χ4n) is 0. The summed E-state index contributed by atoms with van der Waals surface area (Å²) < 4.78 is 0. The van der Waals surface area contributed by atoms with Gasteiger partial charge in [-0.25, -0.2) is 0 Å². The molecule has 0 aliphatic heterocycles. The molecule has 4 heteroatoms. The van der Waals surface area contributed by atoms with Gasteiger partial charge in [0.05, 0.1) is 0 Å². The van der Waals surface area contributed by atoms with Crippen molar-refractivity contribution in [1.29, 1.82) is 0 Å². The van der Waals surface area contributed by atoms with E-state index in [-0.39, 0.29) is 63.8 Å². The minimum atomic E-state index is 0. The first-order valence-corrected chi connectivity index (χ1v) is 0. The molecule has 20 valence electrons. The molecule has 0 amide bonds. The predicted molar refractivity (Wildman–Crippen MR) is 1.37 cm³/mol. The number of rotatable bonds is 0. The molecule has 0 saturated carbocycles. The molecule has 2 nitrogen and oxygen atoms in total. The van der Waals surface area contributed by atoms with E-state index in [1.807, 2.05) is 0 Å². The Morgan fingerprint density at radius 1 is 0.750 bits per heavy atom. The molecule has 0 fully saturated rings. The quantitative estimate of drug-likeness (QED) is 0.554. The van der Waals surface area contributed by atoms with Crippen LogP contribution < -0.4 is 0 Å². The zero-order valence-corrected chi connectivity index (χ0v) is 7.54. The molecular weight excluding hydrogens is 318 g/mol. The summed E-state index contributed by atoms with van der Waals surface area (Å²) in [6.07, 6.45) is 0. The Kier molecular flexibility index (Phi) is 246. The zero-order chi connectivity index (χ0) is 0. The summed E-state index contributed by atoms with van der Waals surface area (Å²) in [5.41, 5.74) is 0. The third-order valence-electron chi connectivity index (χ3n) is 0. The molecular formula is O2TiU. The van der Waals surface area contributed by atoms with Gasteiger partial charge in [-0.05, 0) is 0 Å². The Labute approximate surface area is 63.2 Å². The maximum Gasteiger partial charge on any atom is 4.00 e. The van der Waals surface area contributed by atoms with E-state index in [2.05, 4.69) is 0 Å². The monoisotopic (exact) mass is 318 g/mol. The fraction of sp³-hybridized carbons (Fsp3) is 0. The topological polar surface area (TPSA) is 57.0 Å². The van der Waals surface area contributed by atoms with Gasteiger partial charge in [0.2, 0.25) is 0 Å². The van der Waals surface area contributed by atoms with Crippen molar-refractivity contribution in [3.63, 3.8) is 0 Å². The summed E-state index contributed by atoms with van der Waals surface area (Å²) in [5.74, 6) is 0. The summed E-state index contributed by atoms with van der Waals surface area (Å²) in [4.78, 5) is 0. The first-order chi connectivity index (χ1) is 0. The van der Waals surface area contributed by atoms with E-state index in [4.69, 9.17) is 0 Å². The molecule has 4 heavy (non-hydrogen) atoms. The van der Waals surface area contributed by atoms with Crippen molar-refractivity contribution < 1.29 is 63.8 Å². The van der Waals surface area contributed by atoms with E-state index in [0.29, 0.717) is 0 Å². The number of hydrogen-bond donors (Lipinski definition) is 0. The first kappa shape index (κ1) is 43.9. The van der Waals surface area contributed by atoms with Gasteiger partial charge >= 0.3 is 21.7 Å². The van der Waals surface area contributed by atoms with Crippen LogP contribution in [0.3, 0.4) is 0 Å². The smallest absolute Gasteiger partial charge is 2.00 e. The van der Waals surface area contributed by atoms with Crippen LogP contribution in [0.25, 0.3) is 0 Å². The molecule has 0 aromatic rings. The summed E-state index contributed by atoms with van der Waals surface area (Å²) >= 11 is 0. The molecule has 0 aromatic carbocycles. The van der Waals surface area contributed by atoms with Crippen LogP contribution in [0, 0.1) is 31.1 Å². The second-order valence-corrected chi connectivity index (χ2v) is 0. The Bertz CT molecular complexity index is 6.00. The Morgan fingerprint density at radius 2 is 0.750 bits per heavy atom. The fourth-order valence-corrected chi connectivity index (χ4v) is 0. The van der Waals surface area contributed by atoms with Crippen molar-refractivity contribution in [1.82, 2.24) is 0 Å². The summed E-state index contributed by atoms with van der Waals surface area (Å²) in [6, 6.07) is 0. The zero-order valence-electron chi connectivity index (χ0n) is 1.82. The largest absolute Gasteiger partial charge is 4.00 e. The van der Waals surface area contributed by atoms with Gasteiger partial charge in [-0.3, -0.25) is 0 Å². The molecule has 0 radical (unpaired) electrons. The molecule has 0 N–H and O–H groups in total. The van der Waals surface area contributed by atoms with Crippen molar-refractivity contribution in [2.45, 2.75) is 0 Å². The van der Waals surface area contributed by atoms with E-state index in [1.165, 1.54) is 0 Å². The number of hydrogen-bond acceptors (Lipinski definition) is 0. The van der Waals surface area contributed by atoms with E-state index in [9.17, 15) is 0 Å². The van der Waals surface area contributed by atoms with Gasteiger partial charge in [0.25, 0.3) is 0 Å². The van der Waals surface area contributed by atoms with Crippen molar-refractivity contribution in [3.05, 3.63) is 0 Å². The van der Waals surface area contributed by atoms with Crippen molar-refractivity contribution in [3.8, 4) is 0 Å². The third-order valence-corrected chi connectivity index (χ3v) is 0. The van der Waals surface area contributed by atoms with Gasteiger partial charge in [0, 0.05) is 31.1 Å². The second kappa shape index (κ2) is 22.4. The standard InChI is InChI=1S/2O.Ti.U/q2*-2;+4;. The van der Waals surface area contributed by atoms with Gasteiger partial charge in [-0.15, -0.1) is 0 Å². The molecule has 0 heterocycles. The second-order valence-electron chi connectivity index (χ2n) is 0. The summed E-state index contributed by atoms with van der Waals surface area (Å²) in [6.45, 7) is 0. The molecule has 0 saturated heterocycles. The first-order valence-electron chi connectivity index (χ1n) is 0. The SMILES string of the molecule is [O-2].[O-2].[Ti+4].[U]. The Balaban J connectivity index is 0. The van der Waals surface area contributed by atoms with Gasteiger partial charge in [0.1, 0.15) is 0 Å². The molecule has 0 rings (SSSR count). The van der Waals surface area contributed by atoms with Gasteiger partial charge < -0.3 is 11.0 Å². The van der Waals surface area contributed by atoms with Crippen LogP contribution in [0.15, 0.2) is 0 Å². The molecule has 0 atom stereocenters. The van der Waals surface area contributed by atoms with E-state index >= 15 is 0 Å². The van der Waals surface area contributed by atoms with E-state index in [0.717, 1.165) is 0 Å². The molecule has 0 spiro atoms. The normalized spacial score (nSPS) is 0. The van der Waals surface area contributed by atoms with Gasteiger partial charge in [-0.2, -0.15) is 0 Å². The van der Waals surface area contributed by atoms with Crippen LogP contribution in [0.5, 0.6) is 0 Å². The minimum Gasteiger partial charge on any atom is -2.00 e. The van der Waals surface area contributed by atoms with Crippen LogP contribution in [-0.2, 0) is 32.7 Å². The van der Waals surface area contributed by atoms with Crippen molar-refractivity contribution in [2.24, 2.45) is 0 Å². The third kappa shape index (κ3) is 9.35. The average molecular weight is 318 g/mol. The van der Waals surface area contributed by atoms with Crippen LogP contribution in [0.2, 0.25) is 0 Å². The van der Waals surface area contributed by atoms with E-state index < -0.39 is 0 Å². The van der Waals surface area contributed by atoms with Gasteiger partial charge in [-0.1, -0.05) is 0 Å². The van der Waals surface area contributed by atoms with Crippen molar-refractivity contribution >= 4 is 0 Å². The molecule has 0 aromatic heterocycles. The van der Waals surface area contributed by atoms with Crippen LogP contribution in [0.4, 0.5) is 0 Å². The predicted octanol–water partition coefficient (Wildman–Crippen LogP) is -0.240. The van der Waals surface area contributed by atoms with E-state index in [1.54, 1.807) is 0 Å². The minimum absolute atomic E-state index is 0. The van der Waals surface area contributed by atoms with Crippen LogP contribution in [-0.4, -0.2) is 0 Å². The Hall–Kier alpha value is 1.69. The van der Waals surface area contributed by atoms with Crippen molar-refractivity contribution in [2.75, 3.05) is 0 Å². The maximum absolute atomic E-state index is 0. The molecule has 0 unspecified atom stereocenters. The average Bonchev–Trinajstić information content (AvgIpc) is 0. The molecule has 0 aliphatic rings. The summed E-state index contributed by atoms with van der Waals surface area (Å²) in [7, 11) is 0.